The third kappa shape index (κ3) is 2.57. The van der Waals surface area contributed by atoms with Gasteiger partial charge in [0.25, 0.3) is 0 Å². The number of anilines is 1. The summed E-state index contributed by atoms with van der Waals surface area (Å²) in [6, 6.07) is 7.50. The molecular weight excluding hydrogens is 250 g/mol. The van der Waals surface area contributed by atoms with E-state index in [0.29, 0.717) is 5.92 Å². The quantitative estimate of drug-likeness (QED) is 0.810. The first-order valence-corrected chi connectivity index (χ1v) is 7.27. The van der Waals surface area contributed by atoms with Gasteiger partial charge in [-0.25, -0.2) is 0 Å². The molecule has 2 N–H and O–H groups in total. The molecule has 3 rings (SSSR count). The van der Waals surface area contributed by atoms with Crippen molar-refractivity contribution >= 4 is 11.6 Å². The summed E-state index contributed by atoms with van der Waals surface area (Å²) in [6.45, 7) is -0.172. The van der Waals surface area contributed by atoms with Crippen molar-refractivity contribution in [2.45, 2.75) is 25.7 Å². The molecule has 2 aliphatic rings. The molecule has 2 saturated carbocycles. The van der Waals surface area contributed by atoms with Crippen molar-refractivity contribution < 1.29 is 9.90 Å². The lowest BCUT2D eigenvalue weighted by Gasteiger charge is -2.21. The topological polar surface area (TPSA) is 49.3 Å². The minimum absolute atomic E-state index is 0.135. The van der Waals surface area contributed by atoms with E-state index in [4.69, 9.17) is 5.11 Å². The number of hydrogen-bond donors (Lipinski definition) is 2. The molecule has 1 amide bonds. The highest BCUT2D eigenvalue weighted by Gasteiger charge is 2.43. The zero-order chi connectivity index (χ0) is 13.9. The number of para-hydroxylation sites is 1. The molecule has 2 fully saturated rings. The van der Waals surface area contributed by atoms with Crippen LogP contribution >= 0.6 is 0 Å². The minimum atomic E-state index is -0.172. The fourth-order valence-corrected chi connectivity index (χ4v) is 3.63. The zero-order valence-electron chi connectivity index (χ0n) is 11.4. The molecule has 1 aromatic carbocycles. The molecule has 0 heterocycles. The van der Waals surface area contributed by atoms with Crippen LogP contribution in [-0.2, 0) is 4.79 Å². The van der Waals surface area contributed by atoms with Gasteiger partial charge < -0.3 is 10.4 Å². The van der Waals surface area contributed by atoms with E-state index in [1.807, 2.05) is 24.3 Å². The molecule has 0 radical (unpaired) electrons. The first kappa shape index (κ1) is 13.2. The third-order valence-electron chi connectivity index (χ3n) is 4.56. The van der Waals surface area contributed by atoms with Crippen LogP contribution < -0.4 is 5.32 Å². The van der Waals surface area contributed by atoms with Gasteiger partial charge in [0.05, 0.1) is 5.69 Å². The summed E-state index contributed by atoms with van der Waals surface area (Å²) in [4.78, 5) is 12.4. The van der Waals surface area contributed by atoms with Crippen molar-refractivity contribution in [2.75, 3.05) is 11.9 Å². The summed E-state index contributed by atoms with van der Waals surface area (Å²) in [6.07, 6.45) is 4.77. The number of fused-ring (bicyclic) bond motifs is 2. The SMILES string of the molecule is O=C(Nc1ccccc1C#CCO)C1CC2CCC1C2. The Labute approximate surface area is 119 Å². The van der Waals surface area contributed by atoms with Crippen molar-refractivity contribution in [2.24, 2.45) is 17.8 Å². The molecular formula is C17H19NO2. The Bertz CT molecular complexity index is 570. The predicted molar refractivity (Wildman–Crippen MR) is 78.0 cm³/mol. The van der Waals surface area contributed by atoms with Gasteiger partial charge in [0.1, 0.15) is 6.61 Å². The van der Waals surface area contributed by atoms with Crippen molar-refractivity contribution in [1.29, 1.82) is 0 Å². The molecule has 1 aromatic rings. The predicted octanol–water partition coefficient (Wildman–Crippen LogP) is 2.41. The molecule has 0 saturated heterocycles. The van der Waals surface area contributed by atoms with E-state index in [2.05, 4.69) is 17.2 Å². The van der Waals surface area contributed by atoms with Crippen LogP contribution in [0.15, 0.2) is 24.3 Å². The number of aliphatic hydroxyl groups is 1. The molecule has 104 valence electrons. The molecule has 2 bridgehead atoms. The molecule has 3 atom stereocenters. The molecule has 3 unspecified atom stereocenters. The van der Waals surface area contributed by atoms with E-state index in [0.717, 1.165) is 23.6 Å². The van der Waals surface area contributed by atoms with Crippen molar-refractivity contribution in [3.63, 3.8) is 0 Å². The highest BCUT2D eigenvalue weighted by molar-refractivity contribution is 5.94. The van der Waals surface area contributed by atoms with Gasteiger partial charge in [-0.1, -0.05) is 30.4 Å². The lowest BCUT2D eigenvalue weighted by molar-refractivity contribution is -0.121. The van der Waals surface area contributed by atoms with Crippen molar-refractivity contribution in [3.05, 3.63) is 29.8 Å². The first-order valence-electron chi connectivity index (χ1n) is 7.27. The number of carbonyl (C=O) groups excluding carboxylic acids is 1. The van der Waals surface area contributed by atoms with Crippen LogP contribution in [0.1, 0.15) is 31.2 Å². The Kier molecular flexibility index (Phi) is 3.75. The minimum Gasteiger partial charge on any atom is -0.384 e. The summed E-state index contributed by atoms with van der Waals surface area (Å²) in [5, 5.41) is 11.8. The van der Waals surface area contributed by atoms with E-state index in [9.17, 15) is 4.79 Å². The van der Waals surface area contributed by atoms with E-state index >= 15 is 0 Å². The Hall–Kier alpha value is -1.79. The van der Waals surface area contributed by atoms with Gasteiger partial charge in [-0.3, -0.25) is 4.79 Å². The van der Waals surface area contributed by atoms with Gasteiger partial charge >= 0.3 is 0 Å². The number of rotatable bonds is 2. The summed E-state index contributed by atoms with van der Waals surface area (Å²) in [5.41, 5.74) is 1.51. The van der Waals surface area contributed by atoms with Gasteiger partial charge in [0, 0.05) is 11.5 Å². The molecule has 2 aliphatic carbocycles. The number of carbonyl (C=O) groups is 1. The third-order valence-corrected chi connectivity index (χ3v) is 4.56. The second-order valence-corrected chi connectivity index (χ2v) is 5.78. The second-order valence-electron chi connectivity index (χ2n) is 5.78. The number of hydrogen-bond acceptors (Lipinski definition) is 2. The number of aliphatic hydroxyl groups excluding tert-OH is 1. The maximum Gasteiger partial charge on any atom is 0.227 e. The van der Waals surface area contributed by atoms with Crippen LogP contribution in [0.5, 0.6) is 0 Å². The first-order chi connectivity index (χ1) is 9.78. The van der Waals surface area contributed by atoms with Crippen LogP contribution in [-0.4, -0.2) is 17.6 Å². The largest absolute Gasteiger partial charge is 0.384 e. The highest BCUT2D eigenvalue weighted by atomic mass is 16.2. The highest BCUT2D eigenvalue weighted by Crippen LogP contribution is 2.48. The monoisotopic (exact) mass is 269 g/mol. The van der Waals surface area contributed by atoms with Gasteiger partial charge in [-0.05, 0) is 43.2 Å². The van der Waals surface area contributed by atoms with E-state index < -0.39 is 0 Å². The molecule has 0 spiro atoms. The lowest BCUT2D eigenvalue weighted by atomic mass is 9.88. The van der Waals surface area contributed by atoms with E-state index in [1.165, 1.54) is 19.3 Å². The van der Waals surface area contributed by atoms with E-state index in [-0.39, 0.29) is 18.4 Å². The number of amides is 1. The summed E-state index contributed by atoms with van der Waals surface area (Å²) >= 11 is 0. The molecule has 0 aliphatic heterocycles. The van der Waals surface area contributed by atoms with Crippen molar-refractivity contribution in [1.82, 2.24) is 0 Å². The smallest absolute Gasteiger partial charge is 0.227 e. The normalized spacial score (nSPS) is 26.9. The number of benzene rings is 1. The Morgan fingerprint density at radius 3 is 2.85 bits per heavy atom. The summed E-state index contributed by atoms with van der Waals surface area (Å²) in [5.74, 6) is 7.16. The van der Waals surface area contributed by atoms with Gasteiger partial charge in [0.15, 0.2) is 0 Å². The van der Waals surface area contributed by atoms with Gasteiger partial charge in [-0.2, -0.15) is 0 Å². The average molecular weight is 269 g/mol. The zero-order valence-corrected chi connectivity index (χ0v) is 11.4. The molecule has 20 heavy (non-hydrogen) atoms. The molecule has 0 aromatic heterocycles. The standard InChI is InChI=1S/C17H19NO2/c19-9-3-5-13-4-1-2-6-16(13)18-17(20)15-11-12-7-8-14(15)10-12/h1-2,4,6,12,14-15,19H,7-11H2,(H,18,20). The molecule has 3 heteroatoms. The average Bonchev–Trinajstić information content (AvgIpc) is 3.09. The summed E-state index contributed by atoms with van der Waals surface area (Å²) < 4.78 is 0. The fourth-order valence-electron chi connectivity index (χ4n) is 3.63. The Morgan fingerprint density at radius 1 is 1.30 bits per heavy atom. The van der Waals surface area contributed by atoms with Gasteiger partial charge in [0.2, 0.25) is 5.91 Å². The Morgan fingerprint density at radius 2 is 2.15 bits per heavy atom. The van der Waals surface area contributed by atoms with Gasteiger partial charge in [-0.15, -0.1) is 0 Å². The van der Waals surface area contributed by atoms with E-state index in [1.54, 1.807) is 0 Å². The van der Waals surface area contributed by atoms with Crippen LogP contribution in [0, 0.1) is 29.6 Å². The van der Waals surface area contributed by atoms with Crippen LogP contribution in [0.2, 0.25) is 0 Å². The maximum absolute atomic E-state index is 12.4. The van der Waals surface area contributed by atoms with Crippen LogP contribution in [0.25, 0.3) is 0 Å². The second kappa shape index (κ2) is 5.68. The number of nitrogens with one attached hydrogen (secondary N) is 1. The lowest BCUT2D eigenvalue weighted by Crippen LogP contribution is -2.27. The Balaban J connectivity index is 1.73. The van der Waals surface area contributed by atoms with Crippen LogP contribution in [0.3, 0.4) is 0 Å². The summed E-state index contributed by atoms with van der Waals surface area (Å²) in [7, 11) is 0. The maximum atomic E-state index is 12.4. The fraction of sp³-hybridized carbons (Fsp3) is 0.471. The van der Waals surface area contributed by atoms with Crippen molar-refractivity contribution in [3.8, 4) is 11.8 Å². The van der Waals surface area contributed by atoms with Crippen LogP contribution in [0.4, 0.5) is 5.69 Å². The molecule has 3 nitrogen and oxygen atoms in total.